The SMILES string of the molecule is COc1ccc(N2CCCN(C(=O)/C=C/c3cccc(OCc4csc(C)n4)c3)CC2)cc1. The summed E-state index contributed by atoms with van der Waals surface area (Å²) in [4.78, 5) is 21.5. The number of ether oxygens (including phenoxy) is 2. The molecule has 2 heterocycles. The number of benzene rings is 2. The molecule has 0 aliphatic carbocycles. The average molecular weight is 464 g/mol. The molecule has 1 saturated heterocycles. The van der Waals surface area contributed by atoms with Gasteiger partial charge in [0, 0.05) is 43.3 Å². The zero-order valence-corrected chi connectivity index (χ0v) is 19.9. The van der Waals surface area contributed by atoms with Crippen molar-refractivity contribution in [1.82, 2.24) is 9.88 Å². The van der Waals surface area contributed by atoms with E-state index in [2.05, 4.69) is 22.0 Å². The van der Waals surface area contributed by atoms with Crippen LogP contribution in [0.5, 0.6) is 11.5 Å². The first-order valence-corrected chi connectivity index (χ1v) is 12.0. The first-order chi connectivity index (χ1) is 16.1. The molecule has 0 atom stereocenters. The first-order valence-electron chi connectivity index (χ1n) is 11.1. The molecule has 4 rings (SSSR count). The summed E-state index contributed by atoms with van der Waals surface area (Å²) >= 11 is 1.62. The van der Waals surface area contributed by atoms with Gasteiger partial charge < -0.3 is 19.3 Å². The standard InChI is InChI=1S/C26H29N3O3S/c1-20-27-22(19-33-20)18-32-25-6-3-5-21(17-25)7-12-26(30)29-14-4-13-28(15-16-29)23-8-10-24(31-2)11-9-23/h3,5-12,17,19H,4,13-16,18H2,1-2H3/b12-7+. The van der Waals surface area contributed by atoms with E-state index in [0.717, 1.165) is 59.5 Å². The van der Waals surface area contributed by atoms with Crippen LogP contribution in [0.3, 0.4) is 0 Å². The topological polar surface area (TPSA) is 54.9 Å². The van der Waals surface area contributed by atoms with Crippen molar-refractivity contribution in [2.24, 2.45) is 0 Å². The molecule has 33 heavy (non-hydrogen) atoms. The summed E-state index contributed by atoms with van der Waals surface area (Å²) < 4.78 is 11.1. The molecule has 0 spiro atoms. The number of carbonyl (C=O) groups excluding carboxylic acids is 1. The number of carbonyl (C=O) groups is 1. The van der Waals surface area contributed by atoms with Crippen LogP contribution >= 0.6 is 11.3 Å². The Morgan fingerprint density at radius 3 is 2.70 bits per heavy atom. The van der Waals surface area contributed by atoms with Crippen molar-refractivity contribution in [3.05, 3.63) is 76.3 Å². The molecule has 0 N–H and O–H groups in total. The maximum Gasteiger partial charge on any atom is 0.246 e. The van der Waals surface area contributed by atoms with E-state index in [0.29, 0.717) is 13.2 Å². The van der Waals surface area contributed by atoms with Crippen molar-refractivity contribution in [3.63, 3.8) is 0 Å². The fourth-order valence-electron chi connectivity index (χ4n) is 3.80. The van der Waals surface area contributed by atoms with Crippen LogP contribution in [-0.2, 0) is 11.4 Å². The van der Waals surface area contributed by atoms with E-state index in [-0.39, 0.29) is 5.91 Å². The Balaban J connectivity index is 1.31. The molecule has 3 aromatic rings. The first kappa shape index (κ1) is 22.9. The predicted octanol–water partition coefficient (Wildman–Crippen LogP) is 4.79. The lowest BCUT2D eigenvalue weighted by Gasteiger charge is -2.23. The summed E-state index contributed by atoms with van der Waals surface area (Å²) in [6.07, 6.45) is 4.45. The molecule has 2 aromatic carbocycles. The molecule has 0 unspecified atom stereocenters. The molecule has 0 bridgehead atoms. The molecule has 1 aliphatic heterocycles. The highest BCUT2D eigenvalue weighted by Crippen LogP contribution is 2.21. The number of thiazole rings is 1. The Hall–Kier alpha value is -3.32. The quantitative estimate of drug-likeness (QED) is 0.472. The molecule has 6 nitrogen and oxygen atoms in total. The van der Waals surface area contributed by atoms with E-state index in [4.69, 9.17) is 9.47 Å². The minimum atomic E-state index is 0.0378. The van der Waals surface area contributed by atoms with Crippen molar-refractivity contribution in [2.45, 2.75) is 20.0 Å². The lowest BCUT2D eigenvalue weighted by molar-refractivity contribution is -0.125. The number of hydrogen-bond acceptors (Lipinski definition) is 6. The van der Waals surface area contributed by atoms with E-state index in [1.165, 1.54) is 0 Å². The zero-order chi connectivity index (χ0) is 23.0. The summed E-state index contributed by atoms with van der Waals surface area (Å²) in [5.74, 6) is 1.65. The number of anilines is 1. The fourth-order valence-corrected chi connectivity index (χ4v) is 4.40. The maximum absolute atomic E-state index is 12.8. The Morgan fingerprint density at radius 1 is 1.09 bits per heavy atom. The maximum atomic E-state index is 12.8. The second-order valence-electron chi connectivity index (χ2n) is 7.92. The monoisotopic (exact) mass is 463 g/mol. The Morgan fingerprint density at radius 2 is 1.94 bits per heavy atom. The molecule has 7 heteroatoms. The van der Waals surface area contributed by atoms with Crippen molar-refractivity contribution >= 4 is 29.0 Å². The fraction of sp³-hybridized carbons (Fsp3) is 0.308. The summed E-state index contributed by atoms with van der Waals surface area (Å²) in [7, 11) is 1.67. The summed E-state index contributed by atoms with van der Waals surface area (Å²) in [5.41, 5.74) is 3.02. The van der Waals surface area contributed by atoms with Crippen LogP contribution in [0.4, 0.5) is 5.69 Å². The number of rotatable bonds is 7. The van der Waals surface area contributed by atoms with Crippen LogP contribution in [0.2, 0.25) is 0 Å². The lowest BCUT2D eigenvalue weighted by atomic mass is 10.2. The van der Waals surface area contributed by atoms with Gasteiger partial charge in [-0.1, -0.05) is 12.1 Å². The van der Waals surface area contributed by atoms with Crippen LogP contribution in [0.1, 0.15) is 22.7 Å². The van der Waals surface area contributed by atoms with Gasteiger partial charge in [0.15, 0.2) is 0 Å². The second kappa shape index (κ2) is 11.0. The molecule has 172 valence electrons. The third kappa shape index (κ3) is 6.35. The van der Waals surface area contributed by atoms with Gasteiger partial charge >= 0.3 is 0 Å². The minimum Gasteiger partial charge on any atom is -0.497 e. The van der Waals surface area contributed by atoms with Gasteiger partial charge in [-0.05, 0) is 61.4 Å². The highest BCUT2D eigenvalue weighted by Gasteiger charge is 2.18. The van der Waals surface area contributed by atoms with Crippen LogP contribution in [-0.4, -0.2) is 49.1 Å². The van der Waals surface area contributed by atoms with Gasteiger partial charge in [-0.3, -0.25) is 4.79 Å². The van der Waals surface area contributed by atoms with Crippen LogP contribution < -0.4 is 14.4 Å². The number of methoxy groups -OCH3 is 1. The third-order valence-corrected chi connectivity index (χ3v) is 6.40. The molecule has 0 radical (unpaired) electrons. The van der Waals surface area contributed by atoms with Gasteiger partial charge in [0.1, 0.15) is 18.1 Å². The average Bonchev–Trinajstić information content (AvgIpc) is 3.11. The van der Waals surface area contributed by atoms with E-state index < -0.39 is 0 Å². The molecule has 1 aliphatic rings. The van der Waals surface area contributed by atoms with Crippen molar-refractivity contribution in [3.8, 4) is 11.5 Å². The lowest BCUT2D eigenvalue weighted by Crippen LogP contribution is -2.34. The van der Waals surface area contributed by atoms with Gasteiger partial charge in [0.2, 0.25) is 5.91 Å². The second-order valence-corrected chi connectivity index (χ2v) is 8.98. The number of hydrogen-bond donors (Lipinski definition) is 0. The van der Waals surface area contributed by atoms with Crippen molar-refractivity contribution in [1.29, 1.82) is 0 Å². The van der Waals surface area contributed by atoms with Gasteiger partial charge in [-0.2, -0.15) is 0 Å². The third-order valence-electron chi connectivity index (χ3n) is 5.57. The van der Waals surface area contributed by atoms with Gasteiger partial charge in [-0.25, -0.2) is 4.98 Å². The van der Waals surface area contributed by atoms with Gasteiger partial charge in [0.25, 0.3) is 0 Å². The summed E-state index contributed by atoms with van der Waals surface area (Å²) in [6.45, 7) is 5.62. The molecule has 1 aromatic heterocycles. The summed E-state index contributed by atoms with van der Waals surface area (Å²) in [5, 5.41) is 3.04. The van der Waals surface area contributed by atoms with Crippen molar-refractivity contribution in [2.75, 3.05) is 38.2 Å². The Bertz CT molecular complexity index is 1090. The van der Waals surface area contributed by atoms with Gasteiger partial charge in [0.05, 0.1) is 17.8 Å². The van der Waals surface area contributed by atoms with E-state index >= 15 is 0 Å². The van der Waals surface area contributed by atoms with Gasteiger partial charge in [-0.15, -0.1) is 11.3 Å². The van der Waals surface area contributed by atoms with Crippen LogP contribution in [0, 0.1) is 6.92 Å². The van der Waals surface area contributed by atoms with Crippen molar-refractivity contribution < 1.29 is 14.3 Å². The predicted molar refractivity (Wildman–Crippen MR) is 133 cm³/mol. The largest absolute Gasteiger partial charge is 0.497 e. The molecule has 0 saturated carbocycles. The summed E-state index contributed by atoms with van der Waals surface area (Å²) in [6, 6.07) is 15.9. The molecular weight excluding hydrogens is 434 g/mol. The zero-order valence-electron chi connectivity index (χ0n) is 19.1. The van der Waals surface area contributed by atoms with E-state index in [9.17, 15) is 4.79 Å². The molecular formula is C26H29N3O3S. The normalized spacial score (nSPS) is 14.4. The van der Waals surface area contributed by atoms with E-state index in [1.807, 2.05) is 59.7 Å². The number of aryl methyl sites for hydroxylation is 1. The minimum absolute atomic E-state index is 0.0378. The highest BCUT2D eigenvalue weighted by atomic mass is 32.1. The number of aromatic nitrogens is 1. The highest BCUT2D eigenvalue weighted by molar-refractivity contribution is 7.09. The van der Waals surface area contributed by atoms with Crippen LogP contribution in [0.15, 0.2) is 60.0 Å². The van der Waals surface area contributed by atoms with E-state index in [1.54, 1.807) is 24.5 Å². The Labute approximate surface area is 199 Å². The van der Waals surface area contributed by atoms with Crippen LogP contribution in [0.25, 0.3) is 6.08 Å². The number of amides is 1. The number of nitrogens with zero attached hydrogens (tertiary/aromatic N) is 3. The molecule has 1 fully saturated rings. The smallest absolute Gasteiger partial charge is 0.246 e. The molecule has 1 amide bonds. The Kier molecular flexibility index (Phi) is 7.62.